The zero-order chi connectivity index (χ0) is 9.97. The Kier molecular flexibility index (Phi) is 2.32. The van der Waals surface area contributed by atoms with Crippen molar-refractivity contribution in [1.29, 1.82) is 0 Å². The van der Waals surface area contributed by atoms with Gasteiger partial charge in [-0.05, 0) is 5.21 Å². The molecule has 7 heteroatoms. The summed E-state index contributed by atoms with van der Waals surface area (Å²) in [7, 11) is 1.66. The fourth-order valence-corrected chi connectivity index (χ4v) is 1.53. The summed E-state index contributed by atoms with van der Waals surface area (Å²) in [4.78, 5) is 16.7. The summed E-state index contributed by atoms with van der Waals surface area (Å²) in [6.07, 6.45) is 0.150. The van der Waals surface area contributed by atoms with Gasteiger partial charge < -0.3 is 0 Å². The summed E-state index contributed by atoms with van der Waals surface area (Å²) >= 11 is 1.39. The summed E-state index contributed by atoms with van der Waals surface area (Å²) in [5.41, 5.74) is 2.08. The van der Waals surface area contributed by atoms with E-state index >= 15 is 0 Å². The van der Waals surface area contributed by atoms with Gasteiger partial charge in [-0.3, -0.25) is 4.79 Å². The third kappa shape index (κ3) is 1.82. The molecule has 0 aliphatic carbocycles. The first-order valence-corrected chi connectivity index (χ1v) is 4.84. The van der Waals surface area contributed by atoms with E-state index in [1.54, 1.807) is 17.9 Å². The summed E-state index contributed by atoms with van der Waals surface area (Å²) < 4.78 is 0. The molecule has 0 aliphatic rings. The highest BCUT2D eigenvalue weighted by Crippen LogP contribution is 2.04. The summed E-state index contributed by atoms with van der Waals surface area (Å²) in [6.45, 7) is 0. The SMILES string of the molecule is Cn1nnc(CC(=O)c2cscn2)n1. The number of nitrogens with zero attached hydrogens (tertiary/aromatic N) is 5. The zero-order valence-electron chi connectivity index (χ0n) is 7.41. The lowest BCUT2D eigenvalue weighted by Crippen LogP contribution is -2.05. The van der Waals surface area contributed by atoms with E-state index in [2.05, 4.69) is 20.4 Å². The van der Waals surface area contributed by atoms with E-state index in [4.69, 9.17) is 0 Å². The first kappa shape index (κ1) is 8.95. The molecule has 2 aromatic heterocycles. The van der Waals surface area contributed by atoms with Gasteiger partial charge in [0.25, 0.3) is 0 Å². The van der Waals surface area contributed by atoms with E-state index in [-0.39, 0.29) is 12.2 Å². The maximum atomic E-state index is 11.5. The average Bonchev–Trinajstić information content (AvgIpc) is 2.75. The smallest absolute Gasteiger partial charge is 0.189 e. The van der Waals surface area contributed by atoms with Crippen molar-refractivity contribution < 1.29 is 4.79 Å². The van der Waals surface area contributed by atoms with Crippen LogP contribution in [0.5, 0.6) is 0 Å². The van der Waals surface area contributed by atoms with Gasteiger partial charge in [-0.25, -0.2) is 4.98 Å². The Labute approximate surface area is 83.6 Å². The molecule has 0 aromatic carbocycles. The fourth-order valence-electron chi connectivity index (χ4n) is 0.979. The second-order valence-electron chi connectivity index (χ2n) is 2.67. The number of tetrazole rings is 1. The largest absolute Gasteiger partial charge is 0.292 e. The Morgan fingerprint density at radius 1 is 1.64 bits per heavy atom. The lowest BCUT2D eigenvalue weighted by atomic mass is 10.2. The molecule has 2 aromatic rings. The first-order chi connectivity index (χ1) is 6.75. The van der Waals surface area contributed by atoms with E-state index in [9.17, 15) is 4.79 Å². The molecular formula is C7H7N5OS. The summed E-state index contributed by atoms with van der Waals surface area (Å²) in [6, 6.07) is 0. The van der Waals surface area contributed by atoms with Crippen LogP contribution in [-0.2, 0) is 13.5 Å². The first-order valence-electron chi connectivity index (χ1n) is 3.90. The van der Waals surface area contributed by atoms with Crippen LogP contribution in [0.3, 0.4) is 0 Å². The van der Waals surface area contributed by atoms with Crippen molar-refractivity contribution in [2.24, 2.45) is 7.05 Å². The van der Waals surface area contributed by atoms with Gasteiger partial charge in [0, 0.05) is 5.38 Å². The van der Waals surface area contributed by atoms with Gasteiger partial charge in [0.15, 0.2) is 11.6 Å². The monoisotopic (exact) mass is 209 g/mol. The minimum atomic E-state index is -0.0840. The van der Waals surface area contributed by atoms with Gasteiger partial charge >= 0.3 is 0 Å². The second-order valence-corrected chi connectivity index (χ2v) is 3.39. The van der Waals surface area contributed by atoms with Crippen molar-refractivity contribution in [3.05, 3.63) is 22.4 Å². The van der Waals surface area contributed by atoms with Gasteiger partial charge in [-0.15, -0.1) is 21.5 Å². The Morgan fingerprint density at radius 2 is 2.50 bits per heavy atom. The minimum Gasteiger partial charge on any atom is -0.292 e. The Morgan fingerprint density at radius 3 is 3.07 bits per heavy atom. The molecule has 0 amide bonds. The van der Waals surface area contributed by atoms with Crippen LogP contribution in [0.15, 0.2) is 10.9 Å². The highest BCUT2D eigenvalue weighted by atomic mass is 32.1. The molecule has 0 aliphatic heterocycles. The van der Waals surface area contributed by atoms with Crippen molar-refractivity contribution in [2.75, 3.05) is 0 Å². The zero-order valence-corrected chi connectivity index (χ0v) is 8.23. The standard InChI is InChI=1S/C7H7N5OS/c1-12-10-7(9-11-12)2-6(13)5-3-14-4-8-5/h3-4H,2H2,1H3. The highest BCUT2D eigenvalue weighted by Gasteiger charge is 2.11. The van der Waals surface area contributed by atoms with E-state index in [0.29, 0.717) is 11.5 Å². The van der Waals surface area contributed by atoms with Crippen LogP contribution < -0.4 is 0 Å². The molecule has 0 atom stereocenters. The maximum absolute atomic E-state index is 11.5. The molecule has 0 N–H and O–H groups in total. The van der Waals surface area contributed by atoms with Crippen LogP contribution in [0.2, 0.25) is 0 Å². The predicted octanol–water partition coefficient (Wildman–Crippen LogP) is 0.0920. The van der Waals surface area contributed by atoms with Crippen molar-refractivity contribution >= 4 is 17.1 Å². The van der Waals surface area contributed by atoms with Gasteiger partial charge in [0.2, 0.25) is 0 Å². The number of Topliss-reactive ketones (excluding diaryl/α,β-unsaturated/α-hetero) is 1. The summed E-state index contributed by atoms with van der Waals surface area (Å²) in [5, 5.41) is 13.0. The number of aryl methyl sites for hydroxylation is 1. The molecule has 0 bridgehead atoms. The lowest BCUT2D eigenvalue weighted by Gasteiger charge is -1.90. The third-order valence-corrected chi connectivity index (χ3v) is 2.17. The molecule has 14 heavy (non-hydrogen) atoms. The van der Waals surface area contributed by atoms with Crippen LogP contribution in [0.1, 0.15) is 16.3 Å². The Balaban J connectivity index is 2.09. The molecule has 2 heterocycles. The number of carbonyl (C=O) groups excluding carboxylic acids is 1. The average molecular weight is 209 g/mol. The summed E-state index contributed by atoms with van der Waals surface area (Å²) in [5.74, 6) is 0.338. The molecule has 0 saturated heterocycles. The molecule has 72 valence electrons. The van der Waals surface area contributed by atoms with Crippen LogP contribution in [-0.4, -0.2) is 31.0 Å². The van der Waals surface area contributed by atoms with Crippen molar-refractivity contribution in [2.45, 2.75) is 6.42 Å². The number of carbonyl (C=O) groups is 1. The van der Waals surface area contributed by atoms with Crippen molar-refractivity contribution in [1.82, 2.24) is 25.2 Å². The molecule has 0 spiro atoms. The molecular weight excluding hydrogens is 202 g/mol. The number of ketones is 1. The minimum absolute atomic E-state index is 0.0840. The number of thiazole rings is 1. The topological polar surface area (TPSA) is 73.6 Å². The van der Waals surface area contributed by atoms with E-state index in [1.165, 1.54) is 16.1 Å². The van der Waals surface area contributed by atoms with E-state index < -0.39 is 0 Å². The Bertz CT molecular complexity index is 435. The van der Waals surface area contributed by atoms with Crippen LogP contribution >= 0.6 is 11.3 Å². The van der Waals surface area contributed by atoms with Gasteiger partial charge in [0.1, 0.15) is 5.69 Å². The van der Waals surface area contributed by atoms with Gasteiger partial charge in [-0.1, -0.05) is 0 Å². The number of rotatable bonds is 3. The molecule has 0 radical (unpaired) electrons. The molecule has 0 fully saturated rings. The van der Waals surface area contributed by atoms with Crippen LogP contribution in [0.25, 0.3) is 0 Å². The third-order valence-electron chi connectivity index (χ3n) is 1.59. The molecule has 0 saturated carbocycles. The Hall–Kier alpha value is -1.63. The maximum Gasteiger partial charge on any atom is 0.189 e. The second kappa shape index (κ2) is 3.62. The van der Waals surface area contributed by atoms with Crippen molar-refractivity contribution in [3.8, 4) is 0 Å². The molecule has 2 rings (SSSR count). The normalized spacial score (nSPS) is 10.4. The lowest BCUT2D eigenvalue weighted by molar-refractivity contribution is 0.0986. The predicted molar refractivity (Wildman–Crippen MR) is 48.9 cm³/mol. The van der Waals surface area contributed by atoms with Crippen LogP contribution in [0.4, 0.5) is 0 Å². The number of hydrogen-bond acceptors (Lipinski definition) is 6. The van der Waals surface area contributed by atoms with E-state index in [1.807, 2.05) is 0 Å². The number of hydrogen-bond donors (Lipinski definition) is 0. The van der Waals surface area contributed by atoms with Gasteiger partial charge in [0.05, 0.1) is 19.0 Å². The quantitative estimate of drug-likeness (QED) is 0.670. The highest BCUT2D eigenvalue weighted by molar-refractivity contribution is 7.07. The fraction of sp³-hybridized carbons (Fsp3) is 0.286. The van der Waals surface area contributed by atoms with Crippen molar-refractivity contribution in [3.63, 3.8) is 0 Å². The number of aromatic nitrogens is 5. The van der Waals surface area contributed by atoms with E-state index in [0.717, 1.165) is 0 Å². The molecule has 6 nitrogen and oxygen atoms in total. The molecule has 0 unspecified atom stereocenters. The van der Waals surface area contributed by atoms with Crippen LogP contribution in [0, 0.1) is 0 Å². The van der Waals surface area contributed by atoms with Gasteiger partial charge in [-0.2, -0.15) is 4.80 Å².